The molecule has 1 aliphatic rings. The van der Waals surface area contributed by atoms with E-state index in [1.807, 2.05) is 18.7 Å². The van der Waals surface area contributed by atoms with Gasteiger partial charge in [0.05, 0.1) is 0 Å². The molecule has 7 nitrogen and oxygen atoms in total. The van der Waals surface area contributed by atoms with Crippen molar-refractivity contribution in [3.05, 3.63) is 11.5 Å². The van der Waals surface area contributed by atoms with Crippen LogP contribution < -0.4 is 10.6 Å². The molecule has 0 atom stereocenters. The van der Waals surface area contributed by atoms with Crippen LogP contribution in [0.25, 0.3) is 0 Å². The molecule has 0 bridgehead atoms. The summed E-state index contributed by atoms with van der Waals surface area (Å²) in [6, 6.07) is -0.176. The maximum Gasteiger partial charge on any atom is 0.319 e. The molecule has 0 spiro atoms. The van der Waals surface area contributed by atoms with E-state index in [2.05, 4.69) is 15.8 Å². The SMILES string of the molecule is Cc1noc(C)c1NC(=O)NC1CCN(C(=O)CC(C)C)CC1. The Morgan fingerprint density at radius 3 is 2.48 bits per heavy atom. The molecule has 23 heavy (non-hydrogen) atoms. The van der Waals surface area contributed by atoms with Crippen molar-refractivity contribution in [3.8, 4) is 0 Å². The second-order valence-electron chi connectivity index (χ2n) is 6.55. The van der Waals surface area contributed by atoms with E-state index in [1.54, 1.807) is 13.8 Å². The summed E-state index contributed by atoms with van der Waals surface area (Å²) in [5.74, 6) is 1.17. The fourth-order valence-electron chi connectivity index (χ4n) is 2.75. The molecule has 0 unspecified atom stereocenters. The molecule has 7 heteroatoms. The van der Waals surface area contributed by atoms with Crippen molar-refractivity contribution >= 4 is 17.6 Å². The fraction of sp³-hybridized carbons (Fsp3) is 0.688. The Morgan fingerprint density at radius 2 is 1.96 bits per heavy atom. The Bertz CT molecular complexity index is 540. The molecule has 128 valence electrons. The van der Waals surface area contributed by atoms with E-state index < -0.39 is 0 Å². The Morgan fingerprint density at radius 1 is 1.30 bits per heavy atom. The number of anilines is 1. The van der Waals surface area contributed by atoms with Crippen LogP contribution in [0.15, 0.2) is 4.52 Å². The van der Waals surface area contributed by atoms with Crippen LogP contribution in [0.4, 0.5) is 10.5 Å². The summed E-state index contributed by atoms with van der Waals surface area (Å²) in [5, 5.41) is 9.54. The summed E-state index contributed by atoms with van der Waals surface area (Å²) in [6.45, 7) is 9.03. The van der Waals surface area contributed by atoms with Gasteiger partial charge in [0.1, 0.15) is 11.4 Å². The van der Waals surface area contributed by atoms with Gasteiger partial charge < -0.3 is 20.1 Å². The summed E-state index contributed by atoms with van der Waals surface area (Å²) in [4.78, 5) is 26.0. The third-order valence-electron chi connectivity index (χ3n) is 4.04. The Hall–Kier alpha value is -2.05. The first-order chi connectivity index (χ1) is 10.9. The molecule has 1 aliphatic heterocycles. The van der Waals surface area contributed by atoms with E-state index in [0.29, 0.717) is 42.6 Å². The third kappa shape index (κ3) is 4.71. The van der Waals surface area contributed by atoms with Crippen molar-refractivity contribution in [2.24, 2.45) is 5.92 Å². The lowest BCUT2D eigenvalue weighted by atomic mass is 10.0. The molecule has 0 radical (unpaired) electrons. The first-order valence-corrected chi connectivity index (χ1v) is 8.15. The second-order valence-corrected chi connectivity index (χ2v) is 6.55. The van der Waals surface area contributed by atoms with Crippen molar-refractivity contribution in [2.45, 2.75) is 53.0 Å². The van der Waals surface area contributed by atoms with E-state index in [4.69, 9.17) is 4.52 Å². The molecule has 1 saturated heterocycles. The Balaban J connectivity index is 1.78. The summed E-state index contributed by atoms with van der Waals surface area (Å²) < 4.78 is 5.02. The zero-order valence-corrected chi connectivity index (χ0v) is 14.3. The minimum atomic E-state index is -0.258. The highest BCUT2D eigenvalue weighted by molar-refractivity contribution is 5.90. The fourth-order valence-corrected chi connectivity index (χ4v) is 2.75. The molecule has 1 fully saturated rings. The highest BCUT2D eigenvalue weighted by atomic mass is 16.5. The van der Waals surface area contributed by atoms with Gasteiger partial charge in [-0.3, -0.25) is 4.79 Å². The van der Waals surface area contributed by atoms with Gasteiger partial charge in [-0.15, -0.1) is 0 Å². The average molecular weight is 322 g/mol. The number of carbonyl (C=O) groups is 2. The molecule has 1 aromatic heterocycles. The number of carbonyl (C=O) groups excluding carboxylic acids is 2. The van der Waals surface area contributed by atoms with Crippen LogP contribution in [0.1, 0.15) is 44.6 Å². The van der Waals surface area contributed by atoms with E-state index >= 15 is 0 Å². The smallest absolute Gasteiger partial charge is 0.319 e. The number of piperidine rings is 1. The molecule has 1 aromatic rings. The van der Waals surface area contributed by atoms with E-state index in [0.717, 1.165) is 12.8 Å². The van der Waals surface area contributed by atoms with Gasteiger partial charge >= 0.3 is 6.03 Å². The van der Waals surface area contributed by atoms with Crippen LogP contribution in [0.2, 0.25) is 0 Å². The van der Waals surface area contributed by atoms with Gasteiger partial charge in [-0.2, -0.15) is 0 Å². The monoisotopic (exact) mass is 322 g/mol. The van der Waals surface area contributed by atoms with Gasteiger partial charge in [0.2, 0.25) is 5.91 Å². The minimum Gasteiger partial charge on any atom is -0.359 e. The number of nitrogens with zero attached hydrogens (tertiary/aromatic N) is 2. The lowest BCUT2D eigenvalue weighted by molar-refractivity contribution is -0.133. The number of likely N-dealkylation sites (tertiary alicyclic amines) is 1. The van der Waals surface area contributed by atoms with Crippen molar-refractivity contribution in [2.75, 3.05) is 18.4 Å². The van der Waals surface area contributed by atoms with Gasteiger partial charge in [-0.1, -0.05) is 19.0 Å². The van der Waals surface area contributed by atoms with Gasteiger partial charge in [0, 0.05) is 25.6 Å². The van der Waals surface area contributed by atoms with Crippen LogP contribution in [-0.2, 0) is 4.79 Å². The molecule has 0 saturated carbocycles. The Kier molecular flexibility index (Phi) is 5.63. The second kappa shape index (κ2) is 7.48. The predicted molar refractivity (Wildman–Crippen MR) is 87.2 cm³/mol. The highest BCUT2D eigenvalue weighted by Crippen LogP contribution is 2.19. The normalized spacial score (nSPS) is 15.8. The molecular weight excluding hydrogens is 296 g/mol. The van der Waals surface area contributed by atoms with E-state index in [9.17, 15) is 9.59 Å². The molecule has 2 N–H and O–H groups in total. The number of aryl methyl sites for hydroxylation is 2. The number of hydrogen-bond acceptors (Lipinski definition) is 4. The quantitative estimate of drug-likeness (QED) is 0.891. The maximum atomic E-state index is 12.1. The zero-order chi connectivity index (χ0) is 17.0. The third-order valence-corrected chi connectivity index (χ3v) is 4.04. The van der Waals surface area contributed by atoms with Gasteiger partial charge in [0.15, 0.2) is 5.76 Å². The summed E-state index contributed by atoms with van der Waals surface area (Å²) in [7, 11) is 0. The van der Waals surface area contributed by atoms with Crippen molar-refractivity contribution in [1.82, 2.24) is 15.4 Å². The molecule has 0 aromatic carbocycles. The van der Waals surface area contributed by atoms with Crippen molar-refractivity contribution in [3.63, 3.8) is 0 Å². The first-order valence-electron chi connectivity index (χ1n) is 8.15. The number of urea groups is 1. The molecule has 2 rings (SSSR count). The van der Waals surface area contributed by atoms with Gasteiger partial charge in [0.25, 0.3) is 0 Å². The number of hydrogen-bond donors (Lipinski definition) is 2. The zero-order valence-electron chi connectivity index (χ0n) is 14.3. The molecule has 3 amide bonds. The number of nitrogens with one attached hydrogen (secondary N) is 2. The summed E-state index contributed by atoms with van der Waals surface area (Å²) >= 11 is 0. The summed E-state index contributed by atoms with van der Waals surface area (Å²) in [6.07, 6.45) is 2.14. The molecule has 0 aliphatic carbocycles. The van der Waals surface area contributed by atoms with E-state index in [-0.39, 0.29) is 18.0 Å². The molecule has 2 heterocycles. The average Bonchev–Trinajstić information content (AvgIpc) is 2.79. The predicted octanol–water partition coefficient (Wildman–Crippen LogP) is 2.45. The Labute approximate surface area is 136 Å². The van der Waals surface area contributed by atoms with Crippen LogP contribution in [0, 0.1) is 19.8 Å². The van der Waals surface area contributed by atoms with Crippen LogP contribution in [0.5, 0.6) is 0 Å². The van der Waals surface area contributed by atoms with Crippen molar-refractivity contribution < 1.29 is 14.1 Å². The maximum absolute atomic E-state index is 12.1. The first kappa shape index (κ1) is 17.3. The highest BCUT2D eigenvalue weighted by Gasteiger charge is 2.24. The minimum absolute atomic E-state index is 0.0820. The topological polar surface area (TPSA) is 87.5 Å². The number of rotatable bonds is 4. The van der Waals surface area contributed by atoms with Gasteiger partial charge in [-0.25, -0.2) is 4.79 Å². The summed E-state index contributed by atoms with van der Waals surface area (Å²) in [5.41, 5.74) is 1.28. The van der Waals surface area contributed by atoms with Crippen LogP contribution in [-0.4, -0.2) is 41.1 Å². The lowest BCUT2D eigenvalue weighted by Crippen LogP contribution is -2.47. The molecular formula is C16H26N4O3. The standard InChI is InChI=1S/C16H26N4O3/c1-10(2)9-14(21)20-7-5-13(6-8-20)17-16(22)18-15-11(3)19-23-12(15)4/h10,13H,5-9H2,1-4H3,(H2,17,18,22). The lowest BCUT2D eigenvalue weighted by Gasteiger charge is -2.32. The largest absolute Gasteiger partial charge is 0.359 e. The number of amides is 3. The van der Waals surface area contributed by atoms with Crippen molar-refractivity contribution in [1.29, 1.82) is 0 Å². The van der Waals surface area contributed by atoms with Crippen LogP contribution in [0.3, 0.4) is 0 Å². The van der Waals surface area contributed by atoms with Crippen LogP contribution >= 0.6 is 0 Å². The van der Waals surface area contributed by atoms with Gasteiger partial charge in [-0.05, 0) is 32.6 Å². The number of aromatic nitrogens is 1. The van der Waals surface area contributed by atoms with E-state index in [1.165, 1.54) is 0 Å².